The van der Waals surface area contributed by atoms with E-state index in [9.17, 15) is 4.79 Å². The lowest BCUT2D eigenvalue weighted by Crippen LogP contribution is -2.31. The number of likely N-dealkylation sites (tertiary alicyclic amines) is 1. The first-order valence-corrected chi connectivity index (χ1v) is 8.70. The zero-order valence-electron chi connectivity index (χ0n) is 13.0. The van der Waals surface area contributed by atoms with E-state index in [4.69, 9.17) is 4.74 Å². The van der Waals surface area contributed by atoms with Gasteiger partial charge in [-0.25, -0.2) is 4.98 Å². The molecule has 1 saturated heterocycles. The van der Waals surface area contributed by atoms with Gasteiger partial charge < -0.3 is 9.64 Å². The van der Waals surface area contributed by atoms with Crippen LogP contribution in [-0.4, -0.2) is 45.7 Å². The van der Waals surface area contributed by atoms with Crippen LogP contribution in [0.15, 0.2) is 47.8 Å². The monoisotopic (exact) mass is 329 g/mol. The van der Waals surface area contributed by atoms with Crippen molar-refractivity contribution in [2.24, 2.45) is 0 Å². The molecule has 2 aromatic rings. The van der Waals surface area contributed by atoms with Crippen molar-refractivity contribution < 1.29 is 9.53 Å². The highest BCUT2D eigenvalue weighted by molar-refractivity contribution is 7.99. The molecule has 0 spiro atoms. The van der Waals surface area contributed by atoms with Crippen LogP contribution in [0.2, 0.25) is 0 Å². The van der Waals surface area contributed by atoms with Crippen molar-refractivity contribution in [3.63, 3.8) is 0 Å². The van der Waals surface area contributed by atoms with Gasteiger partial charge in [0.1, 0.15) is 6.10 Å². The van der Waals surface area contributed by atoms with Crippen LogP contribution >= 0.6 is 11.8 Å². The molecule has 0 aliphatic carbocycles. The predicted molar refractivity (Wildman–Crippen MR) is 89.8 cm³/mol. The molecule has 1 aliphatic heterocycles. The van der Waals surface area contributed by atoms with Crippen LogP contribution in [0.3, 0.4) is 0 Å². The van der Waals surface area contributed by atoms with Crippen molar-refractivity contribution in [1.82, 2.24) is 14.9 Å². The molecule has 1 aromatic heterocycles. The minimum atomic E-state index is -0.0263. The highest BCUT2D eigenvalue weighted by atomic mass is 32.2. The number of hydrogen-bond acceptors (Lipinski definition) is 5. The van der Waals surface area contributed by atoms with Gasteiger partial charge >= 0.3 is 0 Å². The number of carbonyl (C=O) groups is 1. The van der Waals surface area contributed by atoms with E-state index in [1.165, 1.54) is 0 Å². The summed E-state index contributed by atoms with van der Waals surface area (Å²) in [7, 11) is 0. The van der Waals surface area contributed by atoms with Gasteiger partial charge in [-0.1, -0.05) is 19.1 Å². The van der Waals surface area contributed by atoms with E-state index in [0.29, 0.717) is 19.0 Å². The number of thioether (sulfide) groups is 1. The van der Waals surface area contributed by atoms with Crippen molar-refractivity contribution in [2.45, 2.75) is 24.3 Å². The first-order chi connectivity index (χ1) is 11.3. The normalized spacial score (nSPS) is 17.3. The molecule has 1 aromatic carbocycles. The summed E-state index contributed by atoms with van der Waals surface area (Å²) >= 11 is 1.70. The molecule has 120 valence electrons. The van der Waals surface area contributed by atoms with Crippen molar-refractivity contribution in [1.29, 1.82) is 0 Å². The predicted octanol–water partition coefficient (Wildman–Crippen LogP) is 2.88. The van der Waals surface area contributed by atoms with Crippen LogP contribution in [0.5, 0.6) is 5.88 Å². The molecule has 5 nitrogen and oxygen atoms in total. The summed E-state index contributed by atoms with van der Waals surface area (Å²) < 4.78 is 5.80. The Morgan fingerprint density at radius 3 is 3.04 bits per heavy atom. The van der Waals surface area contributed by atoms with Crippen molar-refractivity contribution in [3.05, 3.63) is 48.4 Å². The molecule has 0 saturated carbocycles. The van der Waals surface area contributed by atoms with Gasteiger partial charge in [0.05, 0.1) is 18.3 Å². The second kappa shape index (κ2) is 7.46. The van der Waals surface area contributed by atoms with Gasteiger partial charge in [0.25, 0.3) is 5.91 Å². The maximum Gasteiger partial charge on any atom is 0.255 e. The maximum atomic E-state index is 12.8. The molecular weight excluding hydrogens is 310 g/mol. The zero-order valence-corrected chi connectivity index (χ0v) is 13.8. The fourth-order valence-corrected chi connectivity index (χ4v) is 3.42. The lowest BCUT2D eigenvalue weighted by molar-refractivity contribution is 0.0767. The van der Waals surface area contributed by atoms with E-state index in [-0.39, 0.29) is 12.0 Å². The lowest BCUT2D eigenvalue weighted by atomic mass is 10.2. The first-order valence-electron chi connectivity index (χ1n) is 7.71. The Bertz CT molecular complexity index is 666. The highest BCUT2D eigenvalue weighted by Gasteiger charge is 2.29. The van der Waals surface area contributed by atoms with Gasteiger partial charge in [-0.05, 0) is 17.9 Å². The summed E-state index contributed by atoms with van der Waals surface area (Å²) in [4.78, 5) is 23.8. The average molecular weight is 329 g/mol. The largest absolute Gasteiger partial charge is 0.471 e. The van der Waals surface area contributed by atoms with E-state index in [1.54, 1.807) is 30.4 Å². The Morgan fingerprint density at radius 2 is 2.26 bits per heavy atom. The third-order valence-electron chi connectivity index (χ3n) is 3.68. The number of amides is 1. The molecule has 2 heterocycles. The molecule has 6 heteroatoms. The van der Waals surface area contributed by atoms with Crippen molar-refractivity contribution in [3.8, 4) is 5.88 Å². The Balaban J connectivity index is 1.66. The summed E-state index contributed by atoms with van der Waals surface area (Å²) in [6.45, 7) is 3.38. The Kier molecular flexibility index (Phi) is 5.12. The minimum absolute atomic E-state index is 0.0263. The van der Waals surface area contributed by atoms with E-state index >= 15 is 0 Å². The Hall–Kier alpha value is -2.08. The topological polar surface area (TPSA) is 55.3 Å². The fourth-order valence-electron chi connectivity index (χ4n) is 2.62. The van der Waals surface area contributed by atoms with E-state index < -0.39 is 0 Å². The number of hydrogen-bond donors (Lipinski definition) is 0. The second-order valence-electron chi connectivity index (χ2n) is 5.25. The van der Waals surface area contributed by atoms with Crippen LogP contribution in [0.4, 0.5) is 0 Å². The summed E-state index contributed by atoms with van der Waals surface area (Å²) in [5, 5.41) is 0. The summed E-state index contributed by atoms with van der Waals surface area (Å²) in [5.74, 6) is 1.53. The van der Waals surface area contributed by atoms with Crippen LogP contribution in [0.1, 0.15) is 23.7 Å². The van der Waals surface area contributed by atoms with Crippen LogP contribution in [0.25, 0.3) is 0 Å². The van der Waals surface area contributed by atoms with Crippen LogP contribution in [0, 0.1) is 0 Å². The molecule has 23 heavy (non-hydrogen) atoms. The van der Waals surface area contributed by atoms with Gasteiger partial charge in [-0.3, -0.25) is 9.78 Å². The number of ether oxygens (including phenoxy) is 1. The lowest BCUT2D eigenvalue weighted by Gasteiger charge is -2.18. The fraction of sp³-hybridized carbons (Fsp3) is 0.353. The molecule has 3 rings (SSSR count). The van der Waals surface area contributed by atoms with E-state index in [1.807, 2.05) is 29.2 Å². The molecule has 1 amide bonds. The molecule has 1 fully saturated rings. The third-order valence-corrected chi connectivity index (χ3v) is 4.63. The van der Waals surface area contributed by atoms with Crippen LogP contribution in [-0.2, 0) is 0 Å². The van der Waals surface area contributed by atoms with Gasteiger partial charge in [0.15, 0.2) is 0 Å². The molecule has 0 N–H and O–H groups in total. The smallest absolute Gasteiger partial charge is 0.255 e. The first kappa shape index (κ1) is 15.8. The highest BCUT2D eigenvalue weighted by Crippen LogP contribution is 2.25. The van der Waals surface area contributed by atoms with Gasteiger partial charge in [0.2, 0.25) is 5.88 Å². The molecule has 1 unspecified atom stereocenters. The Morgan fingerprint density at radius 1 is 1.39 bits per heavy atom. The molecule has 1 atom stereocenters. The number of rotatable bonds is 5. The quantitative estimate of drug-likeness (QED) is 0.790. The van der Waals surface area contributed by atoms with Gasteiger partial charge in [0, 0.05) is 30.3 Å². The minimum Gasteiger partial charge on any atom is -0.471 e. The number of nitrogens with zero attached hydrogens (tertiary/aromatic N) is 3. The van der Waals surface area contributed by atoms with Crippen LogP contribution < -0.4 is 4.74 Å². The number of benzene rings is 1. The third kappa shape index (κ3) is 3.82. The maximum absolute atomic E-state index is 12.8. The average Bonchev–Trinajstić information content (AvgIpc) is 3.04. The Labute approximate surface area is 140 Å². The van der Waals surface area contributed by atoms with Crippen molar-refractivity contribution >= 4 is 17.7 Å². The molecule has 0 bridgehead atoms. The molecular formula is C17H19N3O2S. The second-order valence-corrected chi connectivity index (χ2v) is 6.56. The number of aromatic nitrogens is 2. The molecule has 0 radical (unpaired) electrons. The van der Waals surface area contributed by atoms with Gasteiger partial charge in [-0.2, -0.15) is 0 Å². The SMILES string of the molecule is CCSc1ccccc1C(=O)N1CCC(Oc2cnccn2)C1. The van der Waals surface area contributed by atoms with E-state index in [0.717, 1.165) is 22.6 Å². The summed E-state index contributed by atoms with van der Waals surface area (Å²) in [6, 6.07) is 7.79. The summed E-state index contributed by atoms with van der Waals surface area (Å²) in [5.41, 5.74) is 0.777. The number of carbonyl (C=O) groups excluding carboxylic acids is 1. The van der Waals surface area contributed by atoms with Gasteiger partial charge in [-0.15, -0.1) is 11.8 Å². The van der Waals surface area contributed by atoms with E-state index in [2.05, 4.69) is 16.9 Å². The molecule has 1 aliphatic rings. The zero-order chi connectivity index (χ0) is 16.1. The summed E-state index contributed by atoms with van der Waals surface area (Å²) in [6.07, 6.45) is 5.59. The standard InChI is InChI=1S/C17H19N3O2S/c1-2-23-15-6-4-3-5-14(15)17(21)20-10-7-13(12-20)22-16-11-18-8-9-19-16/h3-6,8-9,11,13H,2,7,10,12H2,1H3. The van der Waals surface area contributed by atoms with Crippen molar-refractivity contribution in [2.75, 3.05) is 18.8 Å².